The largest absolute Gasteiger partial charge is 0.497 e. The lowest BCUT2D eigenvalue weighted by atomic mass is 10.2. The monoisotopic (exact) mass is 502 g/mol. The zero-order valence-corrected chi connectivity index (χ0v) is 21.5. The molecule has 0 radical (unpaired) electrons. The van der Waals surface area contributed by atoms with Crippen molar-refractivity contribution < 1.29 is 14.3 Å². The van der Waals surface area contributed by atoms with Crippen LogP contribution in [0.3, 0.4) is 0 Å². The average molecular weight is 503 g/mol. The number of amides is 1. The van der Waals surface area contributed by atoms with E-state index in [1.165, 1.54) is 0 Å². The number of methoxy groups -OCH3 is 1. The minimum Gasteiger partial charge on any atom is -0.497 e. The maximum Gasteiger partial charge on any atom is 0.246 e. The molecule has 0 bridgehead atoms. The quantitative estimate of drug-likeness (QED) is 0.282. The molecular formula is C28H30N4O3S. The number of thioether (sulfide) groups is 1. The first-order chi connectivity index (χ1) is 17.5. The molecule has 1 heterocycles. The summed E-state index contributed by atoms with van der Waals surface area (Å²) in [6.45, 7) is 4.30. The van der Waals surface area contributed by atoms with E-state index in [2.05, 4.69) is 33.7 Å². The van der Waals surface area contributed by atoms with E-state index in [9.17, 15) is 4.79 Å². The molecular weight excluding hydrogens is 472 g/mol. The van der Waals surface area contributed by atoms with Gasteiger partial charge >= 0.3 is 0 Å². The van der Waals surface area contributed by atoms with E-state index >= 15 is 0 Å². The summed E-state index contributed by atoms with van der Waals surface area (Å²) >= 11 is 1.58. The van der Waals surface area contributed by atoms with E-state index < -0.39 is 0 Å². The van der Waals surface area contributed by atoms with Crippen molar-refractivity contribution in [3.8, 4) is 11.4 Å². The molecule has 0 spiro atoms. The average Bonchev–Trinajstić information content (AvgIpc) is 3.33. The number of carbonyl (C=O) groups excluding carboxylic acids is 1. The molecule has 8 heteroatoms. The van der Waals surface area contributed by atoms with Gasteiger partial charge in [-0.15, -0.1) is 10.2 Å². The number of ether oxygens (including phenoxy) is 2. The van der Waals surface area contributed by atoms with E-state index in [1.807, 2.05) is 79.1 Å². The Morgan fingerprint density at radius 1 is 1.00 bits per heavy atom. The minimum absolute atomic E-state index is 0.0324. The highest BCUT2D eigenvalue weighted by molar-refractivity contribution is 7.98. The topological polar surface area (TPSA) is 78.3 Å². The van der Waals surface area contributed by atoms with E-state index in [0.29, 0.717) is 18.2 Å². The second-order valence-corrected chi connectivity index (χ2v) is 9.36. The number of hydrogen-bond acceptors (Lipinski definition) is 6. The lowest BCUT2D eigenvalue weighted by molar-refractivity contribution is -0.126. The van der Waals surface area contributed by atoms with Crippen molar-refractivity contribution in [1.82, 2.24) is 20.1 Å². The van der Waals surface area contributed by atoms with Crippen molar-refractivity contribution in [3.63, 3.8) is 0 Å². The molecule has 0 aliphatic heterocycles. The van der Waals surface area contributed by atoms with Crippen LogP contribution >= 0.6 is 11.8 Å². The summed E-state index contributed by atoms with van der Waals surface area (Å²) < 4.78 is 12.9. The van der Waals surface area contributed by atoms with Crippen LogP contribution in [0.1, 0.15) is 35.5 Å². The summed E-state index contributed by atoms with van der Waals surface area (Å²) in [5.74, 6) is 1.97. The zero-order valence-electron chi connectivity index (χ0n) is 20.7. The SMILES string of the molecule is COc1cccc(CSc2nnc(C(C)NC(=O)COCc3ccccc3)n2-c2ccc(C)cc2)c1. The molecule has 0 aliphatic rings. The molecule has 36 heavy (non-hydrogen) atoms. The molecule has 186 valence electrons. The second kappa shape index (κ2) is 12.4. The minimum atomic E-state index is -0.363. The van der Waals surface area contributed by atoms with Crippen LogP contribution in [0.4, 0.5) is 0 Å². The Labute approximate surface area is 215 Å². The first-order valence-electron chi connectivity index (χ1n) is 11.7. The van der Waals surface area contributed by atoms with Gasteiger partial charge in [0.25, 0.3) is 0 Å². The van der Waals surface area contributed by atoms with Gasteiger partial charge < -0.3 is 14.8 Å². The van der Waals surface area contributed by atoms with Crippen LogP contribution in [0.5, 0.6) is 5.75 Å². The maximum absolute atomic E-state index is 12.6. The van der Waals surface area contributed by atoms with Crippen molar-refractivity contribution in [3.05, 3.63) is 101 Å². The third-order valence-electron chi connectivity index (χ3n) is 5.56. The Morgan fingerprint density at radius 3 is 2.50 bits per heavy atom. The molecule has 4 aromatic rings. The zero-order chi connectivity index (χ0) is 25.3. The highest BCUT2D eigenvalue weighted by Crippen LogP contribution is 2.28. The number of carbonyl (C=O) groups is 1. The highest BCUT2D eigenvalue weighted by atomic mass is 32.2. The normalized spacial score (nSPS) is 11.8. The smallest absolute Gasteiger partial charge is 0.246 e. The molecule has 1 unspecified atom stereocenters. The van der Waals surface area contributed by atoms with Gasteiger partial charge in [0.2, 0.25) is 5.91 Å². The number of nitrogens with one attached hydrogen (secondary N) is 1. The van der Waals surface area contributed by atoms with Crippen LogP contribution < -0.4 is 10.1 Å². The Morgan fingerprint density at radius 2 is 1.75 bits per heavy atom. The van der Waals surface area contributed by atoms with Crippen molar-refractivity contribution in [1.29, 1.82) is 0 Å². The summed E-state index contributed by atoms with van der Waals surface area (Å²) in [5.41, 5.74) is 4.25. The molecule has 3 aromatic carbocycles. The molecule has 1 N–H and O–H groups in total. The van der Waals surface area contributed by atoms with Gasteiger partial charge in [-0.25, -0.2) is 0 Å². The van der Waals surface area contributed by atoms with E-state index in [1.54, 1.807) is 18.9 Å². The molecule has 0 saturated heterocycles. The molecule has 4 rings (SSSR count). The van der Waals surface area contributed by atoms with Crippen LogP contribution in [0, 0.1) is 6.92 Å². The van der Waals surface area contributed by atoms with Crippen molar-refractivity contribution >= 4 is 17.7 Å². The number of benzene rings is 3. The standard InChI is InChI=1S/C28H30N4O3S/c1-20-12-14-24(15-13-20)32-27(21(2)29-26(33)18-35-17-22-8-5-4-6-9-22)30-31-28(32)36-19-23-10-7-11-25(16-23)34-3/h4-16,21H,17-19H2,1-3H3,(H,29,33). The molecule has 7 nitrogen and oxygen atoms in total. The molecule has 1 atom stereocenters. The molecule has 0 saturated carbocycles. The third kappa shape index (κ3) is 6.74. The van der Waals surface area contributed by atoms with Crippen LogP contribution in [-0.4, -0.2) is 34.4 Å². The second-order valence-electron chi connectivity index (χ2n) is 8.42. The van der Waals surface area contributed by atoms with Crippen LogP contribution in [0.15, 0.2) is 84.0 Å². The Bertz CT molecular complexity index is 1280. The predicted octanol–water partition coefficient (Wildman–Crippen LogP) is 5.27. The number of nitrogens with zero attached hydrogens (tertiary/aromatic N) is 3. The van der Waals surface area contributed by atoms with E-state index in [-0.39, 0.29) is 18.6 Å². The van der Waals surface area contributed by atoms with Gasteiger partial charge in [0.15, 0.2) is 11.0 Å². The highest BCUT2D eigenvalue weighted by Gasteiger charge is 2.21. The number of hydrogen-bond donors (Lipinski definition) is 1. The van der Waals surface area contributed by atoms with Crippen LogP contribution in [0.25, 0.3) is 5.69 Å². The van der Waals surface area contributed by atoms with Gasteiger partial charge in [-0.05, 0) is 49.2 Å². The Hall–Kier alpha value is -3.62. The fourth-order valence-electron chi connectivity index (χ4n) is 3.69. The van der Waals surface area contributed by atoms with Gasteiger partial charge in [-0.2, -0.15) is 0 Å². The fourth-order valence-corrected chi connectivity index (χ4v) is 4.59. The predicted molar refractivity (Wildman–Crippen MR) is 141 cm³/mol. The molecule has 0 aliphatic carbocycles. The number of rotatable bonds is 11. The lowest BCUT2D eigenvalue weighted by Crippen LogP contribution is -2.31. The third-order valence-corrected chi connectivity index (χ3v) is 6.56. The van der Waals surface area contributed by atoms with E-state index in [0.717, 1.165) is 33.3 Å². The van der Waals surface area contributed by atoms with Gasteiger partial charge in [-0.3, -0.25) is 9.36 Å². The van der Waals surface area contributed by atoms with Gasteiger partial charge in [-0.1, -0.05) is 71.9 Å². The summed E-state index contributed by atoms with van der Waals surface area (Å²) in [7, 11) is 1.66. The fraction of sp³-hybridized carbons (Fsp3) is 0.250. The summed E-state index contributed by atoms with van der Waals surface area (Å²) in [5, 5.41) is 12.7. The van der Waals surface area contributed by atoms with E-state index in [4.69, 9.17) is 9.47 Å². The lowest BCUT2D eigenvalue weighted by Gasteiger charge is -2.16. The molecule has 0 fully saturated rings. The molecule has 1 amide bonds. The number of aryl methyl sites for hydroxylation is 1. The Balaban J connectivity index is 1.47. The van der Waals surface area contributed by atoms with Crippen LogP contribution in [0.2, 0.25) is 0 Å². The summed E-state index contributed by atoms with van der Waals surface area (Å²) in [6, 6.07) is 25.6. The van der Waals surface area contributed by atoms with Crippen LogP contribution in [-0.2, 0) is 21.9 Å². The Kier molecular flexibility index (Phi) is 8.76. The molecule has 1 aromatic heterocycles. The van der Waals surface area contributed by atoms with Gasteiger partial charge in [0.1, 0.15) is 12.4 Å². The van der Waals surface area contributed by atoms with Crippen molar-refractivity contribution in [2.24, 2.45) is 0 Å². The summed E-state index contributed by atoms with van der Waals surface area (Å²) in [4.78, 5) is 12.6. The first-order valence-corrected chi connectivity index (χ1v) is 12.7. The maximum atomic E-state index is 12.6. The number of aromatic nitrogens is 3. The van der Waals surface area contributed by atoms with Gasteiger partial charge in [0.05, 0.1) is 19.8 Å². The van der Waals surface area contributed by atoms with Crippen molar-refractivity contribution in [2.75, 3.05) is 13.7 Å². The van der Waals surface area contributed by atoms with Gasteiger partial charge in [0, 0.05) is 11.4 Å². The van der Waals surface area contributed by atoms with Crippen molar-refractivity contribution in [2.45, 2.75) is 37.4 Å². The summed E-state index contributed by atoms with van der Waals surface area (Å²) in [6.07, 6.45) is 0. The first kappa shape index (κ1) is 25.5.